The number of aromatic nitrogens is 3. The van der Waals surface area contributed by atoms with Gasteiger partial charge in [0, 0.05) is 27.7 Å². The SMILES string of the molecule is CCN(CC(=O)N(C)C)c1nc(Cl)nc(NC)n1. The van der Waals surface area contributed by atoms with Gasteiger partial charge in [-0.1, -0.05) is 0 Å². The van der Waals surface area contributed by atoms with Crippen molar-refractivity contribution in [3.8, 4) is 0 Å². The second-order valence-electron chi connectivity index (χ2n) is 3.78. The van der Waals surface area contributed by atoms with Gasteiger partial charge in [0.05, 0.1) is 6.54 Å². The van der Waals surface area contributed by atoms with Crippen molar-refractivity contribution in [3.63, 3.8) is 0 Å². The molecule has 0 unspecified atom stereocenters. The minimum Gasteiger partial charge on any atom is -0.357 e. The lowest BCUT2D eigenvalue weighted by Crippen LogP contribution is -2.37. The van der Waals surface area contributed by atoms with Crippen LogP contribution in [0.25, 0.3) is 0 Å². The first kappa shape index (κ1) is 14.4. The Labute approximate surface area is 111 Å². The van der Waals surface area contributed by atoms with Gasteiger partial charge in [-0.15, -0.1) is 0 Å². The third kappa shape index (κ3) is 3.69. The fourth-order valence-electron chi connectivity index (χ4n) is 1.22. The first-order chi connectivity index (χ1) is 8.47. The third-order valence-electron chi connectivity index (χ3n) is 2.31. The van der Waals surface area contributed by atoms with Crippen molar-refractivity contribution in [2.75, 3.05) is 44.4 Å². The van der Waals surface area contributed by atoms with Crippen LogP contribution in [0.5, 0.6) is 0 Å². The molecule has 0 saturated heterocycles. The fraction of sp³-hybridized carbons (Fsp3) is 0.600. The van der Waals surface area contributed by atoms with E-state index in [2.05, 4.69) is 20.3 Å². The maximum absolute atomic E-state index is 11.7. The highest BCUT2D eigenvalue weighted by Gasteiger charge is 2.15. The van der Waals surface area contributed by atoms with Crippen LogP contribution in [0.4, 0.5) is 11.9 Å². The van der Waals surface area contributed by atoms with Gasteiger partial charge in [0.2, 0.25) is 23.1 Å². The molecule has 1 aromatic rings. The van der Waals surface area contributed by atoms with Crippen molar-refractivity contribution >= 4 is 29.4 Å². The van der Waals surface area contributed by atoms with E-state index in [1.807, 2.05) is 6.92 Å². The Morgan fingerprint density at radius 3 is 2.50 bits per heavy atom. The van der Waals surface area contributed by atoms with Gasteiger partial charge < -0.3 is 15.1 Å². The van der Waals surface area contributed by atoms with Crippen LogP contribution >= 0.6 is 11.6 Å². The van der Waals surface area contributed by atoms with Crippen LogP contribution in [-0.2, 0) is 4.79 Å². The lowest BCUT2D eigenvalue weighted by molar-refractivity contribution is -0.127. The van der Waals surface area contributed by atoms with Crippen LogP contribution in [0.15, 0.2) is 0 Å². The third-order valence-corrected chi connectivity index (χ3v) is 2.48. The number of likely N-dealkylation sites (N-methyl/N-ethyl adjacent to an activating group) is 2. The van der Waals surface area contributed by atoms with Crippen LogP contribution < -0.4 is 10.2 Å². The largest absolute Gasteiger partial charge is 0.357 e. The summed E-state index contributed by atoms with van der Waals surface area (Å²) in [5.74, 6) is 0.734. The minimum atomic E-state index is -0.0283. The van der Waals surface area contributed by atoms with E-state index >= 15 is 0 Å². The lowest BCUT2D eigenvalue weighted by atomic mass is 10.4. The molecule has 7 nitrogen and oxygen atoms in total. The van der Waals surface area contributed by atoms with Crippen molar-refractivity contribution < 1.29 is 4.79 Å². The highest BCUT2D eigenvalue weighted by Crippen LogP contribution is 2.13. The number of nitrogens with one attached hydrogen (secondary N) is 1. The van der Waals surface area contributed by atoms with Gasteiger partial charge >= 0.3 is 0 Å². The minimum absolute atomic E-state index is 0.0283. The van der Waals surface area contributed by atoms with Crippen molar-refractivity contribution in [3.05, 3.63) is 5.28 Å². The van der Waals surface area contributed by atoms with Gasteiger partial charge in [0.1, 0.15) is 0 Å². The maximum atomic E-state index is 11.7. The molecule has 0 radical (unpaired) electrons. The number of carbonyl (C=O) groups is 1. The summed E-state index contributed by atoms with van der Waals surface area (Å²) in [4.78, 5) is 27.0. The molecule has 0 spiro atoms. The van der Waals surface area contributed by atoms with Gasteiger partial charge in [-0.25, -0.2) is 0 Å². The lowest BCUT2D eigenvalue weighted by Gasteiger charge is -2.22. The quantitative estimate of drug-likeness (QED) is 0.840. The predicted octanol–water partition coefficient (Wildman–Crippen LogP) is 0.481. The van der Waals surface area contributed by atoms with E-state index < -0.39 is 0 Å². The number of hydrogen-bond acceptors (Lipinski definition) is 6. The average Bonchev–Trinajstić information content (AvgIpc) is 2.34. The molecule has 0 aliphatic rings. The standard InChI is InChI=1S/C10H17ClN6O/c1-5-17(6-7(18)16(3)4)10-14-8(11)13-9(12-2)15-10/h5-6H2,1-4H3,(H,12,13,14,15). The van der Waals surface area contributed by atoms with Crippen LogP contribution in [0, 0.1) is 0 Å². The Bertz CT molecular complexity index is 425. The number of nitrogens with zero attached hydrogens (tertiary/aromatic N) is 5. The topological polar surface area (TPSA) is 74.2 Å². The molecule has 0 saturated carbocycles. The van der Waals surface area contributed by atoms with E-state index in [1.165, 1.54) is 4.90 Å². The second kappa shape index (κ2) is 6.34. The number of anilines is 2. The van der Waals surface area contributed by atoms with Crippen LogP contribution in [-0.4, -0.2) is 60.0 Å². The summed E-state index contributed by atoms with van der Waals surface area (Å²) in [6.07, 6.45) is 0. The van der Waals surface area contributed by atoms with E-state index in [0.29, 0.717) is 18.4 Å². The number of halogens is 1. The summed E-state index contributed by atoms with van der Waals surface area (Å²) in [5.41, 5.74) is 0. The first-order valence-electron chi connectivity index (χ1n) is 5.52. The van der Waals surface area contributed by atoms with E-state index in [4.69, 9.17) is 11.6 Å². The summed E-state index contributed by atoms with van der Waals surface area (Å²) in [6, 6.07) is 0. The van der Waals surface area contributed by atoms with Crippen LogP contribution in [0.3, 0.4) is 0 Å². The fourth-order valence-corrected chi connectivity index (χ4v) is 1.38. The summed E-state index contributed by atoms with van der Waals surface area (Å²) in [5, 5.41) is 2.89. The van der Waals surface area contributed by atoms with Gasteiger partial charge in [0.15, 0.2) is 0 Å². The second-order valence-corrected chi connectivity index (χ2v) is 4.12. The van der Waals surface area contributed by atoms with E-state index in [1.54, 1.807) is 26.0 Å². The molecule has 0 bridgehead atoms. The van der Waals surface area contributed by atoms with Crippen LogP contribution in [0.1, 0.15) is 6.92 Å². The van der Waals surface area contributed by atoms with E-state index in [9.17, 15) is 4.79 Å². The summed E-state index contributed by atoms with van der Waals surface area (Å²) < 4.78 is 0. The number of rotatable bonds is 5. The molecular formula is C10H17ClN6O. The Morgan fingerprint density at radius 1 is 1.33 bits per heavy atom. The number of carbonyl (C=O) groups excluding carboxylic acids is 1. The Morgan fingerprint density at radius 2 is 2.00 bits per heavy atom. The Balaban J connectivity index is 2.94. The Hall–Kier alpha value is -1.63. The molecule has 0 aliphatic heterocycles. The molecular weight excluding hydrogens is 256 g/mol. The van der Waals surface area contributed by atoms with Gasteiger partial charge in [-0.2, -0.15) is 15.0 Å². The highest BCUT2D eigenvalue weighted by atomic mass is 35.5. The van der Waals surface area contributed by atoms with Crippen molar-refractivity contribution in [2.45, 2.75) is 6.92 Å². The zero-order chi connectivity index (χ0) is 13.7. The van der Waals surface area contributed by atoms with Crippen molar-refractivity contribution in [1.29, 1.82) is 0 Å². The zero-order valence-electron chi connectivity index (χ0n) is 10.9. The average molecular weight is 273 g/mol. The maximum Gasteiger partial charge on any atom is 0.241 e. The summed E-state index contributed by atoms with van der Waals surface area (Å²) >= 11 is 5.80. The Kier molecular flexibility index (Phi) is 5.08. The molecule has 1 N–H and O–H groups in total. The molecule has 1 rings (SSSR count). The van der Waals surface area contributed by atoms with E-state index in [-0.39, 0.29) is 17.7 Å². The molecule has 0 aliphatic carbocycles. The van der Waals surface area contributed by atoms with E-state index in [0.717, 1.165) is 0 Å². The molecule has 0 aromatic carbocycles. The van der Waals surface area contributed by atoms with Crippen molar-refractivity contribution in [2.24, 2.45) is 0 Å². The molecule has 8 heteroatoms. The monoisotopic (exact) mass is 272 g/mol. The highest BCUT2D eigenvalue weighted by molar-refractivity contribution is 6.28. The molecule has 1 amide bonds. The zero-order valence-corrected chi connectivity index (χ0v) is 11.7. The van der Waals surface area contributed by atoms with Gasteiger partial charge in [-0.05, 0) is 18.5 Å². The number of amides is 1. The van der Waals surface area contributed by atoms with Gasteiger partial charge in [0.25, 0.3) is 0 Å². The van der Waals surface area contributed by atoms with Crippen molar-refractivity contribution in [1.82, 2.24) is 19.9 Å². The van der Waals surface area contributed by atoms with Crippen LogP contribution in [0.2, 0.25) is 5.28 Å². The molecule has 0 atom stereocenters. The normalized spacial score (nSPS) is 10.1. The molecule has 0 fully saturated rings. The molecule has 18 heavy (non-hydrogen) atoms. The molecule has 1 aromatic heterocycles. The summed E-state index contributed by atoms with van der Waals surface area (Å²) in [7, 11) is 5.10. The smallest absolute Gasteiger partial charge is 0.241 e. The molecule has 1 heterocycles. The molecule has 100 valence electrons. The first-order valence-corrected chi connectivity index (χ1v) is 5.90. The predicted molar refractivity (Wildman–Crippen MR) is 71.0 cm³/mol. The number of hydrogen-bond donors (Lipinski definition) is 1. The summed E-state index contributed by atoms with van der Waals surface area (Å²) in [6.45, 7) is 2.72. The van der Waals surface area contributed by atoms with Gasteiger partial charge in [-0.3, -0.25) is 4.79 Å².